The molecule has 0 fully saturated rings. The van der Waals surface area contributed by atoms with Crippen LogP contribution in [0.15, 0.2) is 182 Å². The van der Waals surface area contributed by atoms with Gasteiger partial charge in [0.05, 0.1) is 11.6 Å². The molecule has 9 aromatic rings. The molecule has 0 spiro atoms. The Hall–Kier alpha value is -7.48. The minimum atomic E-state index is -0.181. The van der Waals surface area contributed by atoms with Gasteiger partial charge in [-0.05, 0) is 73.0 Å². The first-order chi connectivity index (χ1) is 28.0. The second-order valence-corrected chi connectivity index (χ2v) is 15.1. The maximum absolute atomic E-state index is 9.86. The Bertz CT molecular complexity index is 2960. The molecule has 0 atom stereocenters. The fraction of sp³-hybridized carbons (Fsp3) is 0.0566. The second-order valence-electron chi connectivity index (χ2n) is 15.1. The van der Waals surface area contributed by atoms with Crippen LogP contribution in [0.4, 0.5) is 0 Å². The van der Waals surface area contributed by atoms with E-state index in [9.17, 15) is 5.26 Å². The van der Waals surface area contributed by atoms with Crippen LogP contribution in [0, 0.1) is 11.3 Å². The van der Waals surface area contributed by atoms with E-state index in [1.807, 2.05) is 72.8 Å². The lowest BCUT2D eigenvalue weighted by Gasteiger charge is -2.22. The Labute approximate surface area is 332 Å². The standard InChI is InChI=1S/C53H36N4/c1-53(2)47-19-11-16-41(33-54)49(47)46-29-28-40(32-48(46)53)34-20-22-35(23-21-34)42-30-31-43(45-18-10-9-17-44(42)45)36-24-26-39(27-25-36)52-56-50(37-12-5-3-6-13-37)55-51(57-52)38-14-7-4-8-15-38/h3-32H,1-2H3. The fourth-order valence-corrected chi connectivity index (χ4v) is 8.44. The Morgan fingerprint density at radius 3 is 1.35 bits per heavy atom. The predicted molar refractivity (Wildman–Crippen MR) is 232 cm³/mol. The van der Waals surface area contributed by atoms with Crippen LogP contribution < -0.4 is 0 Å². The summed E-state index contributed by atoms with van der Waals surface area (Å²) in [5, 5.41) is 12.3. The van der Waals surface area contributed by atoms with Crippen molar-refractivity contribution >= 4 is 10.8 Å². The lowest BCUT2D eigenvalue weighted by molar-refractivity contribution is 0.660. The number of nitriles is 1. The summed E-state index contributed by atoms with van der Waals surface area (Å²) in [4.78, 5) is 14.7. The van der Waals surface area contributed by atoms with Gasteiger partial charge >= 0.3 is 0 Å². The zero-order valence-electron chi connectivity index (χ0n) is 31.6. The molecular formula is C53H36N4. The SMILES string of the molecule is CC1(C)c2cc(-c3ccc(-c4ccc(-c5ccc(-c6nc(-c7ccccc7)nc(-c7ccccc7)n6)cc5)c5ccccc45)cc3)ccc2-c2c(C#N)cccc21. The van der Waals surface area contributed by atoms with Gasteiger partial charge in [0.25, 0.3) is 0 Å². The maximum atomic E-state index is 9.86. The number of benzene rings is 8. The minimum absolute atomic E-state index is 0.181. The van der Waals surface area contributed by atoms with Gasteiger partial charge in [-0.25, -0.2) is 15.0 Å². The van der Waals surface area contributed by atoms with E-state index in [-0.39, 0.29) is 5.41 Å². The van der Waals surface area contributed by atoms with Crippen LogP contribution in [0.25, 0.3) is 89.4 Å². The highest BCUT2D eigenvalue weighted by molar-refractivity contribution is 6.05. The fourth-order valence-electron chi connectivity index (χ4n) is 8.44. The number of hydrogen-bond donors (Lipinski definition) is 0. The van der Waals surface area contributed by atoms with Crippen LogP contribution in [0.1, 0.15) is 30.5 Å². The van der Waals surface area contributed by atoms with E-state index in [1.54, 1.807) is 0 Å². The van der Waals surface area contributed by atoms with Gasteiger partial charge in [-0.1, -0.05) is 184 Å². The van der Waals surface area contributed by atoms with Crippen molar-refractivity contribution in [2.45, 2.75) is 19.3 Å². The molecule has 1 aromatic heterocycles. The maximum Gasteiger partial charge on any atom is 0.164 e. The Balaban J connectivity index is 0.968. The van der Waals surface area contributed by atoms with E-state index < -0.39 is 0 Å². The van der Waals surface area contributed by atoms with Crippen molar-refractivity contribution < 1.29 is 0 Å². The van der Waals surface area contributed by atoms with Gasteiger partial charge in [-0.3, -0.25) is 0 Å². The van der Waals surface area contributed by atoms with Crippen LogP contribution in [-0.4, -0.2) is 15.0 Å². The quantitative estimate of drug-likeness (QED) is 0.171. The smallest absolute Gasteiger partial charge is 0.164 e. The molecule has 268 valence electrons. The van der Waals surface area contributed by atoms with Crippen molar-refractivity contribution in [2.24, 2.45) is 0 Å². The van der Waals surface area contributed by atoms with Crippen LogP contribution >= 0.6 is 0 Å². The highest BCUT2D eigenvalue weighted by atomic mass is 15.0. The van der Waals surface area contributed by atoms with Gasteiger partial charge in [-0.2, -0.15) is 5.26 Å². The lowest BCUT2D eigenvalue weighted by Crippen LogP contribution is -2.15. The summed E-state index contributed by atoms with van der Waals surface area (Å²) in [6, 6.07) is 65.9. The summed E-state index contributed by atoms with van der Waals surface area (Å²) >= 11 is 0. The van der Waals surface area contributed by atoms with Gasteiger partial charge in [0.1, 0.15) is 0 Å². The Morgan fingerprint density at radius 1 is 0.386 bits per heavy atom. The largest absolute Gasteiger partial charge is 0.208 e. The van der Waals surface area contributed by atoms with Crippen molar-refractivity contribution in [1.29, 1.82) is 5.26 Å². The summed E-state index contributed by atoms with van der Waals surface area (Å²) < 4.78 is 0. The van der Waals surface area contributed by atoms with E-state index in [0.29, 0.717) is 17.5 Å². The van der Waals surface area contributed by atoms with Crippen LogP contribution in [0.3, 0.4) is 0 Å². The summed E-state index contributed by atoms with van der Waals surface area (Å²) in [6.45, 7) is 4.51. The molecule has 1 aliphatic rings. The molecule has 0 aliphatic heterocycles. The van der Waals surface area contributed by atoms with Crippen molar-refractivity contribution in [1.82, 2.24) is 15.0 Å². The number of hydrogen-bond acceptors (Lipinski definition) is 4. The van der Waals surface area contributed by atoms with Crippen molar-refractivity contribution in [3.8, 4) is 84.7 Å². The molecule has 0 saturated heterocycles. The highest BCUT2D eigenvalue weighted by Crippen LogP contribution is 2.51. The van der Waals surface area contributed by atoms with Crippen molar-refractivity contribution in [2.75, 3.05) is 0 Å². The monoisotopic (exact) mass is 728 g/mol. The third-order valence-corrected chi connectivity index (χ3v) is 11.4. The zero-order valence-corrected chi connectivity index (χ0v) is 31.6. The molecule has 0 unspecified atom stereocenters. The average Bonchev–Trinajstić information content (AvgIpc) is 3.52. The number of aromatic nitrogens is 3. The molecule has 8 aromatic carbocycles. The van der Waals surface area contributed by atoms with Gasteiger partial charge in [0.15, 0.2) is 17.5 Å². The molecule has 10 rings (SSSR count). The molecule has 0 saturated carbocycles. The third kappa shape index (κ3) is 5.89. The predicted octanol–water partition coefficient (Wildman–Crippen LogP) is 13.2. The summed E-state index contributed by atoms with van der Waals surface area (Å²) in [5.74, 6) is 1.94. The summed E-state index contributed by atoms with van der Waals surface area (Å²) in [6.07, 6.45) is 0. The van der Waals surface area contributed by atoms with E-state index in [4.69, 9.17) is 15.0 Å². The van der Waals surface area contributed by atoms with E-state index in [1.165, 1.54) is 49.7 Å². The molecule has 4 nitrogen and oxygen atoms in total. The minimum Gasteiger partial charge on any atom is -0.208 e. The number of fused-ring (bicyclic) bond motifs is 4. The van der Waals surface area contributed by atoms with E-state index in [0.717, 1.165) is 38.9 Å². The molecule has 0 radical (unpaired) electrons. The zero-order chi connectivity index (χ0) is 38.5. The first kappa shape index (κ1) is 34.0. The highest BCUT2D eigenvalue weighted by Gasteiger charge is 2.37. The van der Waals surface area contributed by atoms with Gasteiger partial charge in [0, 0.05) is 27.7 Å². The Kier molecular flexibility index (Phi) is 8.17. The first-order valence-electron chi connectivity index (χ1n) is 19.2. The number of nitrogens with zero attached hydrogens (tertiary/aromatic N) is 4. The number of rotatable bonds is 6. The molecule has 1 aliphatic carbocycles. The van der Waals surface area contributed by atoms with Crippen LogP contribution in [-0.2, 0) is 5.41 Å². The van der Waals surface area contributed by atoms with Crippen molar-refractivity contribution in [3.05, 3.63) is 199 Å². The molecule has 0 amide bonds. The van der Waals surface area contributed by atoms with E-state index >= 15 is 0 Å². The van der Waals surface area contributed by atoms with Crippen LogP contribution in [0.5, 0.6) is 0 Å². The van der Waals surface area contributed by atoms with Gasteiger partial charge in [-0.15, -0.1) is 0 Å². The molecule has 1 heterocycles. The van der Waals surface area contributed by atoms with Gasteiger partial charge < -0.3 is 0 Å². The van der Waals surface area contributed by atoms with Crippen LogP contribution in [0.2, 0.25) is 0 Å². The topological polar surface area (TPSA) is 62.5 Å². The molecule has 57 heavy (non-hydrogen) atoms. The average molecular weight is 729 g/mol. The van der Waals surface area contributed by atoms with E-state index in [2.05, 4.69) is 129 Å². The van der Waals surface area contributed by atoms with Crippen molar-refractivity contribution in [3.63, 3.8) is 0 Å². The molecule has 0 N–H and O–H groups in total. The lowest BCUT2D eigenvalue weighted by atomic mass is 9.81. The normalized spacial score (nSPS) is 12.5. The first-order valence-corrected chi connectivity index (χ1v) is 19.2. The summed E-state index contributed by atoms with van der Waals surface area (Å²) in [5.41, 5.74) is 15.1. The molecule has 0 bridgehead atoms. The molecule has 4 heteroatoms. The second kappa shape index (κ2) is 13.7. The third-order valence-electron chi connectivity index (χ3n) is 11.4. The summed E-state index contributed by atoms with van der Waals surface area (Å²) in [7, 11) is 0. The molecular weight excluding hydrogens is 693 g/mol. The Morgan fingerprint density at radius 2 is 0.825 bits per heavy atom. The van der Waals surface area contributed by atoms with Gasteiger partial charge in [0.2, 0.25) is 0 Å².